The zero-order valence-electron chi connectivity index (χ0n) is 8.37. The smallest absolute Gasteiger partial charge is 0.391 e. The molecule has 2 atom stereocenters. The summed E-state index contributed by atoms with van der Waals surface area (Å²) in [5, 5.41) is 12.2. The molecule has 0 bridgehead atoms. The molecule has 0 unspecified atom stereocenters. The second-order valence-corrected chi connectivity index (χ2v) is 3.54. The van der Waals surface area contributed by atoms with Crippen molar-refractivity contribution in [2.75, 3.05) is 0 Å². The van der Waals surface area contributed by atoms with Gasteiger partial charge < -0.3 is 15.7 Å². The molecule has 1 rings (SSSR count). The Morgan fingerprint density at radius 1 is 1.18 bits per heavy atom. The fourth-order valence-corrected chi connectivity index (χ4v) is 1.37. The maximum absolute atomic E-state index is 12.0. The van der Waals surface area contributed by atoms with Crippen LogP contribution in [0.3, 0.4) is 0 Å². The Morgan fingerprint density at radius 2 is 1.65 bits per heavy atom. The van der Waals surface area contributed by atoms with Crippen LogP contribution in [0, 0.1) is 0 Å². The molecule has 2 amide bonds. The number of hydrogen-bond donors (Lipinski definition) is 3. The molecule has 0 aliphatic carbocycles. The molecule has 3 N–H and O–H groups in total. The molecule has 1 saturated heterocycles. The summed E-state index contributed by atoms with van der Waals surface area (Å²) in [6.07, 6.45) is -6.74. The number of carbonyl (C=O) groups excluding carboxylic acids is 2. The van der Waals surface area contributed by atoms with E-state index >= 15 is 0 Å². The quantitative estimate of drug-likeness (QED) is 0.626. The van der Waals surface area contributed by atoms with E-state index in [1.807, 2.05) is 10.6 Å². The van der Waals surface area contributed by atoms with Gasteiger partial charge in [0.1, 0.15) is 12.1 Å². The van der Waals surface area contributed by atoms with Crippen molar-refractivity contribution in [1.29, 1.82) is 0 Å². The van der Waals surface area contributed by atoms with Crippen molar-refractivity contribution in [3.05, 3.63) is 0 Å². The predicted molar refractivity (Wildman–Crippen MR) is 46.8 cm³/mol. The van der Waals surface area contributed by atoms with Crippen LogP contribution in [-0.4, -0.2) is 41.2 Å². The molecule has 1 heterocycles. The molecule has 0 radical (unpaired) electrons. The zero-order valence-corrected chi connectivity index (χ0v) is 8.37. The van der Waals surface area contributed by atoms with Gasteiger partial charge in [0, 0.05) is 0 Å². The first-order valence-corrected chi connectivity index (χ1v) is 4.58. The molecule has 0 spiro atoms. The van der Waals surface area contributed by atoms with Crippen molar-refractivity contribution in [3.63, 3.8) is 0 Å². The van der Waals surface area contributed by atoms with Crippen LogP contribution in [0.15, 0.2) is 0 Å². The molecular weight excluding hydrogens is 245 g/mol. The average molecular weight is 254 g/mol. The van der Waals surface area contributed by atoms with Gasteiger partial charge in [-0.2, -0.15) is 13.2 Å². The van der Waals surface area contributed by atoms with Crippen molar-refractivity contribution < 1.29 is 32.7 Å². The largest absolute Gasteiger partial charge is 0.481 e. The number of nitrogens with one attached hydrogen (secondary N) is 2. The van der Waals surface area contributed by atoms with Gasteiger partial charge in [0.05, 0.1) is 12.8 Å². The summed E-state index contributed by atoms with van der Waals surface area (Å²) >= 11 is 0. The van der Waals surface area contributed by atoms with Crippen molar-refractivity contribution >= 4 is 17.8 Å². The van der Waals surface area contributed by atoms with Gasteiger partial charge in [0.2, 0.25) is 11.8 Å². The second-order valence-electron chi connectivity index (χ2n) is 3.54. The summed E-state index contributed by atoms with van der Waals surface area (Å²) < 4.78 is 36.1. The third-order valence-electron chi connectivity index (χ3n) is 2.08. The van der Waals surface area contributed by atoms with Gasteiger partial charge >= 0.3 is 12.1 Å². The number of piperazine rings is 1. The lowest BCUT2D eigenvalue weighted by Gasteiger charge is -2.29. The number of aliphatic carboxylic acids is 1. The van der Waals surface area contributed by atoms with Crippen LogP contribution < -0.4 is 10.6 Å². The Hall–Kier alpha value is -1.80. The fourth-order valence-electron chi connectivity index (χ4n) is 1.37. The lowest BCUT2D eigenvalue weighted by atomic mass is 10.1. The SMILES string of the molecule is O=C(O)C[C@@H]1NC(=O)[C@@H](CC(F)(F)F)NC1=O. The van der Waals surface area contributed by atoms with E-state index in [-0.39, 0.29) is 0 Å². The van der Waals surface area contributed by atoms with E-state index in [9.17, 15) is 27.6 Å². The normalized spacial score (nSPS) is 25.1. The summed E-state index contributed by atoms with van der Waals surface area (Å²) in [7, 11) is 0. The summed E-state index contributed by atoms with van der Waals surface area (Å²) in [4.78, 5) is 32.7. The standard InChI is InChI=1S/C8H9F3N2O4/c9-8(10,11)2-4-7(17)12-3(1-5(14)15)6(16)13-4/h3-4H,1-2H2,(H,12,17)(H,13,16)(H,14,15)/t3-,4+/m0/s1. The summed E-state index contributed by atoms with van der Waals surface area (Å²) in [5.41, 5.74) is 0. The highest BCUT2D eigenvalue weighted by Gasteiger charge is 2.41. The van der Waals surface area contributed by atoms with E-state index in [1.54, 1.807) is 0 Å². The number of carbonyl (C=O) groups is 3. The van der Waals surface area contributed by atoms with E-state index in [4.69, 9.17) is 5.11 Å². The summed E-state index contributed by atoms with van der Waals surface area (Å²) in [6.45, 7) is 0. The van der Waals surface area contributed by atoms with Gasteiger partial charge in [-0.05, 0) is 0 Å². The highest BCUT2D eigenvalue weighted by atomic mass is 19.4. The molecule has 96 valence electrons. The van der Waals surface area contributed by atoms with Gasteiger partial charge in [0.15, 0.2) is 0 Å². The number of alkyl halides is 3. The van der Waals surface area contributed by atoms with Gasteiger partial charge in [-0.15, -0.1) is 0 Å². The number of amides is 2. The number of carboxylic acids is 1. The molecule has 17 heavy (non-hydrogen) atoms. The van der Waals surface area contributed by atoms with Crippen molar-refractivity contribution in [3.8, 4) is 0 Å². The van der Waals surface area contributed by atoms with Gasteiger partial charge in [-0.1, -0.05) is 0 Å². The Bertz CT molecular complexity index is 355. The lowest BCUT2D eigenvalue weighted by Crippen LogP contribution is -2.62. The molecule has 1 aliphatic rings. The maximum atomic E-state index is 12.0. The topological polar surface area (TPSA) is 95.5 Å². The minimum absolute atomic E-state index is 0.670. The maximum Gasteiger partial charge on any atom is 0.391 e. The minimum atomic E-state index is -4.59. The summed E-state index contributed by atoms with van der Waals surface area (Å²) in [5.74, 6) is -3.30. The Balaban J connectivity index is 2.64. The van der Waals surface area contributed by atoms with E-state index in [0.29, 0.717) is 0 Å². The van der Waals surface area contributed by atoms with Crippen molar-refractivity contribution in [2.45, 2.75) is 31.1 Å². The molecule has 1 fully saturated rings. The monoisotopic (exact) mass is 254 g/mol. The van der Waals surface area contributed by atoms with Gasteiger partial charge in [-0.3, -0.25) is 14.4 Å². The van der Waals surface area contributed by atoms with E-state index < -0.39 is 48.9 Å². The second kappa shape index (κ2) is 4.60. The highest BCUT2D eigenvalue weighted by molar-refractivity contribution is 5.98. The van der Waals surface area contributed by atoms with Crippen LogP contribution in [-0.2, 0) is 14.4 Å². The predicted octanol–water partition coefficient (Wildman–Crippen LogP) is -0.603. The third-order valence-corrected chi connectivity index (χ3v) is 2.08. The van der Waals surface area contributed by atoms with Crippen LogP contribution in [0.4, 0.5) is 13.2 Å². The number of hydrogen-bond acceptors (Lipinski definition) is 3. The first-order valence-electron chi connectivity index (χ1n) is 4.58. The Labute approximate surface area is 93.2 Å². The van der Waals surface area contributed by atoms with Crippen LogP contribution in [0.25, 0.3) is 0 Å². The zero-order chi connectivity index (χ0) is 13.2. The Morgan fingerprint density at radius 3 is 2.12 bits per heavy atom. The third kappa shape index (κ3) is 3.93. The van der Waals surface area contributed by atoms with Crippen LogP contribution in [0.2, 0.25) is 0 Å². The van der Waals surface area contributed by atoms with Crippen molar-refractivity contribution in [2.24, 2.45) is 0 Å². The minimum Gasteiger partial charge on any atom is -0.481 e. The number of rotatable bonds is 3. The van der Waals surface area contributed by atoms with E-state index in [0.717, 1.165) is 0 Å². The molecule has 0 aromatic carbocycles. The first kappa shape index (κ1) is 13.3. The summed E-state index contributed by atoms with van der Waals surface area (Å²) in [6, 6.07) is -3.03. The molecular formula is C8H9F3N2O4. The molecule has 6 nitrogen and oxygen atoms in total. The van der Waals surface area contributed by atoms with E-state index in [1.165, 1.54) is 0 Å². The molecule has 1 aliphatic heterocycles. The Kier molecular flexibility index (Phi) is 3.59. The molecule has 9 heteroatoms. The van der Waals surface area contributed by atoms with E-state index in [2.05, 4.69) is 0 Å². The fraction of sp³-hybridized carbons (Fsp3) is 0.625. The van der Waals surface area contributed by atoms with Gasteiger partial charge in [0.25, 0.3) is 0 Å². The number of carboxylic acid groups (broad SMARTS) is 1. The average Bonchev–Trinajstić information content (AvgIpc) is 2.10. The first-order chi connectivity index (χ1) is 7.69. The highest BCUT2D eigenvalue weighted by Crippen LogP contribution is 2.22. The lowest BCUT2D eigenvalue weighted by molar-refractivity contribution is -0.156. The van der Waals surface area contributed by atoms with Crippen LogP contribution >= 0.6 is 0 Å². The molecule has 0 saturated carbocycles. The molecule has 0 aromatic heterocycles. The molecule has 0 aromatic rings. The van der Waals surface area contributed by atoms with Gasteiger partial charge in [-0.25, -0.2) is 0 Å². The van der Waals surface area contributed by atoms with Crippen LogP contribution in [0.5, 0.6) is 0 Å². The number of halogens is 3. The van der Waals surface area contributed by atoms with Crippen molar-refractivity contribution in [1.82, 2.24) is 10.6 Å². The van der Waals surface area contributed by atoms with Crippen LogP contribution in [0.1, 0.15) is 12.8 Å².